The number of amides is 2. The topological polar surface area (TPSA) is 52.7 Å². The zero-order valence-corrected chi connectivity index (χ0v) is 12.4. The first-order valence-corrected chi connectivity index (χ1v) is 6.78. The van der Waals surface area contributed by atoms with Gasteiger partial charge in [-0.15, -0.1) is 0 Å². The van der Waals surface area contributed by atoms with Crippen LogP contribution < -0.4 is 15.1 Å². The summed E-state index contributed by atoms with van der Waals surface area (Å²) in [5.41, 5.74) is 0.875. The lowest BCUT2D eigenvalue weighted by Gasteiger charge is -2.40. The van der Waals surface area contributed by atoms with Crippen LogP contribution in [0.5, 0.6) is 0 Å². The van der Waals surface area contributed by atoms with Crippen LogP contribution in [-0.2, 0) is 9.59 Å². The first-order chi connectivity index (χ1) is 9.39. The lowest BCUT2D eigenvalue weighted by Crippen LogP contribution is -2.65. The zero-order chi connectivity index (χ0) is 14.9. The third-order valence-electron chi connectivity index (χ3n) is 3.80. The molecule has 1 atom stereocenters. The quantitative estimate of drug-likeness (QED) is 0.907. The third-order valence-corrected chi connectivity index (χ3v) is 3.80. The lowest BCUT2D eigenvalue weighted by molar-refractivity contribution is -0.135. The second-order valence-corrected chi connectivity index (χ2v) is 5.51. The minimum atomic E-state index is -0.825. The molecule has 5 nitrogen and oxygen atoms in total. The smallest absolute Gasteiger partial charge is 0.252 e. The number of hydrogen-bond acceptors (Lipinski definition) is 3. The van der Waals surface area contributed by atoms with E-state index in [1.165, 1.54) is 0 Å². The molecule has 0 bridgehead atoms. The van der Waals surface area contributed by atoms with E-state index in [-0.39, 0.29) is 18.4 Å². The molecule has 1 aliphatic rings. The standard InChI is InChI=1S/C15H21N3O2/c1-5-15(2)14(20)18(10-13(19)16-15)12-9-7-6-8-11(12)17(3)4/h6-9H,5,10H2,1-4H3,(H,16,19). The van der Waals surface area contributed by atoms with Gasteiger partial charge in [0.2, 0.25) is 5.91 Å². The van der Waals surface area contributed by atoms with E-state index < -0.39 is 5.54 Å². The fraction of sp³-hybridized carbons (Fsp3) is 0.467. The van der Waals surface area contributed by atoms with Gasteiger partial charge in [0.05, 0.1) is 11.4 Å². The Labute approximate surface area is 119 Å². The Balaban J connectivity index is 2.46. The molecule has 5 heteroatoms. The Morgan fingerprint density at radius 2 is 1.95 bits per heavy atom. The molecule has 2 rings (SSSR count). The highest BCUT2D eigenvalue weighted by Gasteiger charge is 2.42. The summed E-state index contributed by atoms with van der Waals surface area (Å²) in [4.78, 5) is 28.1. The van der Waals surface area contributed by atoms with E-state index in [1.54, 1.807) is 11.8 Å². The molecule has 1 fully saturated rings. The molecular weight excluding hydrogens is 254 g/mol. The average molecular weight is 275 g/mol. The summed E-state index contributed by atoms with van der Waals surface area (Å²) in [6.07, 6.45) is 0.568. The van der Waals surface area contributed by atoms with Crippen LogP contribution in [0.25, 0.3) is 0 Å². The second-order valence-electron chi connectivity index (χ2n) is 5.51. The van der Waals surface area contributed by atoms with Crippen LogP contribution in [0.15, 0.2) is 24.3 Å². The average Bonchev–Trinajstić information content (AvgIpc) is 2.42. The van der Waals surface area contributed by atoms with E-state index in [0.717, 1.165) is 11.4 Å². The molecule has 1 aromatic rings. The highest BCUT2D eigenvalue weighted by molar-refractivity contribution is 6.10. The number of piperazine rings is 1. The molecule has 0 saturated carbocycles. The van der Waals surface area contributed by atoms with Gasteiger partial charge in [-0.05, 0) is 25.5 Å². The van der Waals surface area contributed by atoms with Crippen LogP contribution in [0.2, 0.25) is 0 Å². The van der Waals surface area contributed by atoms with Crippen LogP contribution in [0.1, 0.15) is 20.3 Å². The highest BCUT2D eigenvalue weighted by Crippen LogP contribution is 2.31. The number of hydrogen-bond donors (Lipinski definition) is 1. The molecular formula is C15H21N3O2. The molecule has 1 heterocycles. The molecule has 0 aromatic heterocycles. The number of anilines is 2. The molecule has 2 amide bonds. The molecule has 20 heavy (non-hydrogen) atoms. The van der Waals surface area contributed by atoms with E-state index >= 15 is 0 Å². The van der Waals surface area contributed by atoms with Crippen molar-refractivity contribution in [1.29, 1.82) is 0 Å². The summed E-state index contributed by atoms with van der Waals surface area (Å²) in [7, 11) is 3.85. The van der Waals surface area contributed by atoms with Gasteiger partial charge in [-0.3, -0.25) is 14.5 Å². The maximum Gasteiger partial charge on any atom is 0.252 e. The maximum absolute atomic E-state index is 12.7. The molecule has 108 valence electrons. The summed E-state index contributed by atoms with van der Waals surface area (Å²) < 4.78 is 0. The van der Waals surface area contributed by atoms with Gasteiger partial charge in [0, 0.05) is 14.1 Å². The van der Waals surface area contributed by atoms with Crippen molar-refractivity contribution in [2.45, 2.75) is 25.8 Å². The Hall–Kier alpha value is -2.04. The minimum absolute atomic E-state index is 0.0612. The van der Waals surface area contributed by atoms with Crippen LogP contribution in [0, 0.1) is 0 Å². The largest absolute Gasteiger partial charge is 0.376 e. The van der Waals surface area contributed by atoms with Gasteiger partial charge in [-0.2, -0.15) is 0 Å². The summed E-state index contributed by atoms with van der Waals surface area (Å²) in [6.45, 7) is 3.75. The van der Waals surface area contributed by atoms with Gasteiger partial charge < -0.3 is 10.2 Å². The Morgan fingerprint density at radius 3 is 2.55 bits per heavy atom. The lowest BCUT2D eigenvalue weighted by atomic mass is 9.94. The molecule has 1 unspecified atom stereocenters. The van der Waals surface area contributed by atoms with Gasteiger partial charge in [0.1, 0.15) is 12.1 Å². The number of carbonyl (C=O) groups is 2. The Morgan fingerprint density at radius 1 is 1.30 bits per heavy atom. The number of carbonyl (C=O) groups excluding carboxylic acids is 2. The van der Waals surface area contributed by atoms with Gasteiger partial charge in [-0.1, -0.05) is 19.1 Å². The van der Waals surface area contributed by atoms with Crippen molar-refractivity contribution < 1.29 is 9.59 Å². The normalized spacial score (nSPS) is 22.7. The maximum atomic E-state index is 12.7. The predicted molar refractivity (Wildman–Crippen MR) is 80.0 cm³/mol. The molecule has 0 radical (unpaired) electrons. The van der Waals surface area contributed by atoms with Gasteiger partial charge >= 0.3 is 0 Å². The van der Waals surface area contributed by atoms with E-state index in [9.17, 15) is 9.59 Å². The van der Waals surface area contributed by atoms with Crippen molar-refractivity contribution in [3.63, 3.8) is 0 Å². The number of para-hydroxylation sites is 2. The summed E-state index contributed by atoms with van der Waals surface area (Å²) in [5.74, 6) is -0.184. The summed E-state index contributed by atoms with van der Waals surface area (Å²) in [6, 6.07) is 7.62. The summed E-state index contributed by atoms with van der Waals surface area (Å²) >= 11 is 0. The number of nitrogens with zero attached hydrogens (tertiary/aromatic N) is 2. The molecule has 1 aromatic carbocycles. The SMILES string of the molecule is CCC1(C)NC(=O)CN(c2ccccc2N(C)C)C1=O. The van der Waals surface area contributed by atoms with Crippen molar-refractivity contribution in [3.05, 3.63) is 24.3 Å². The first kappa shape index (κ1) is 14.4. The predicted octanol–water partition coefficient (Wildman–Crippen LogP) is 1.38. The summed E-state index contributed by atoms with van der Waals surface area (Å²) in [5, 5.41) is 2.80. The van der Waals surface area contributed by atoms with Crippen LogP contribution in [0.3, 0.4) is 0 Å². The van der Waals surface area contributed by atoms with Crippen molar-refractivity contribution in [3.8, 4) is 0 Å². The Kier molecular flexibility index (Phi) is 3.70. The second kappa shape index (κ2) is 5.15. The van der Waals surface area contributed by atoms with Crippen LogP contribution in [-0.4, -0.2) is 38.0 Å². The van der Waals surface area contributed by atoms with Crippen LogP contribution >= 0.6 is 0 Å². The number of rotatable bonds is 3. The van der Waals surface area contributed by atoms with Gasteiger partial charge in [0.15, 0.2) is 0 Å². The monoisotopic (exact) mass is 275 g/mol. The van der Waals surface area contributed by atoms with Crippen molar-refractivity contribution >= 4 is 23.2 Å². The third kappa shape index (κ3) is 2.35. The van der Waals surface area contributed by atoms with E-state index in [0.29, 0.717) is 6.42 Å². The fourth-order valence-corrected chi connectivity index (χ4v) is 2.42. The Bertz CT molecular complexity index is 542. The van der Waals surface area contributed by atoms with Crippen molar-refractivity contribution in [1.82, 2.24) is 5.32 Å². The molecule has 1 saturated heterocycles. The molecule has 1 aliphatic heterocycles. The number of benzene rings is 1. The van der Waals surface area contributed by atoms with Crippen molar-refractivity contribution in [2.24, 2.45) is 0 Å². The first-order valence-electron chi connectivity index (χ1n) is 6.78. The van der Waals surface area contributed by atoms with Gasteiger partial charge in [-0.25, -0.2) is 0 Å². The van der Waals surface area contributed by atoms with Gasteiger partial charge in [0.25, 0.3) is 5.91 Å². The fourth-order valence-electron chi connectivity index (χ4n) is 2.42. The molecule has 0 aliphatic carbocycles. The van der Waals surface area contributed by atoms with Crippen molar-refractivity contribution in [2.75, 3.05) is 30.4 Å². The molecule has 1 N–H and O–H groups in total. The van der Waals surface area contributed by atoms with Crippen LogP contribution in [0.4, 0.5) is 11.4 Å². The zero-order valence-electron chi connectivity index (χ0n) is 12.4. The van der Waals surface area contributed by atoms with E-state index in [2.05, 4.69) is 5.32 Å². The number of nitrogens with one attached hydrogen (secondary N) is 1. The minimum Gasteiger partial charge on any atom is -0.376 e. The van der Waals surface area contributed by atoms with E-state index in [4.69, 9.17) is 0 Å². The highest BCUT2D eigenvalue weighted by atomic mass is 16.2. The molecule has 0 spiro atoms. The van der Waals surface area contributed by atoms with E-state index in [1.807, 2.05) is 50.2 Å².